The molecule has 0 spiro atoms. The van der Waals surface area contributed by atoms with E-state index in [1.54, 1.807) is 11.3 Å². The SMILES string of the molecule is CCNc1nc(NC(C)c2ccc(C)s2)nc(OCC)n1. The Balaban J connectivity index is 2.17. The number of thiophene rings is 1. The van der Waals surface area contributed by atoms with Crippen LogP contribution in [0.4, 0.5) is 11.9 Å². The summed E-state index contributed by atoms with van der Waals surface area (Å²) in [5, 5.41) is 6.38. The van der Waals surface area contributed by atoms with Crippen molar-refractivity contribution < 1.29 is 4.74 Å². The Morgan fingerprint density at radius 1 is 1.19 bits per heavy atom. The zero-order chi connectivity index (χ0) is 15.2. The van der Waals surface area contributed by atoms with Gasteiger partial charge in [-0.15, -0.1) is 11.3 Å². The van der Waals surface area contributed by atoms with Crippen LogP contribution in [0.2, 0.25) is 0 Å². The van der Waals surface area contributed by atoms with Crippen molar-refractivity contribution in [1.82, 2.24) is 15.0 Å². The summed E-state index contributed by atoms with van der Waals surface area (Å²) in [5.41, 5.74) is 0. The molecule has 0 radical (unpaired) electrons. The minimum Gasteiger partial charge on any atom is -0.464 e. The number of nitrogens with one attached hydrogen (secondary N) is 2. The first-order valence-electron chi connectivity index (χ1n) is 7.08. The van der Waals surface area contributed by atoms with Crippen molar-refractivity contribution in [2.75, 3.05) is 23.8 Å². The molecule has 6 nitrogen and oxygen atoms in total. The molecule has 21 heavy (non-hydrogen) atoms. The van der Waals surface area contributed by atoms with E-state index >= 15 is 0 Å². The highest BCUT2D eigenvalue weighted by atomic mass is 32.1. The zero-order valence-corrected chi connectivity index (χ0v) is 13.6. The Kier molecular flexibility index (Phi) is 5.32. The topological polar surface area (TPSA) is 72.0 Å². The molecule has 1 unspecified atom stereocenters. The molecule has 0 aromatic carbocycles. The summed E-state index contributed by atoms with van der Waals surface area (Å²) in [5.74, 6) is 1.04. The third-order valence-electron chi connectivity index (χ3n) is 2.76. The molecular formula is C14H21N5OS. The largest absolute Gasteiger partial charge is 0.464 e. The molecule has 0 bridgehead atoms. The van der Waals surface area contributed by atoms with Gasteiger partial charge in [-0.25, -0.2) is 0 Å². The highest BCUT2D eigenvalue weighted by molar-refractivity contribution is 7.12. The average molecular weight is 307 g/mol. The second-order valence-corrected chi connectivity index (χ2v) is 5.86. The van der Waals surface area contributed by atoms with E-state index in [2.05, 4.69) is 51.6 Å². The van der Waals surface area contributed by atoms with Gasteiger partial charge in [0.25, 0.3) is 0 Å². The summed E-state index contributed by atoms with van der Waals surface area (Å²) in [6.45, 7) is 9.35. The lowest BCUT2D eigenvalue weighted by Gasteiger charge is -2.13. The van der Waals surface area contributed by atoms with Gasteiger partial charge in [-0.1, -0.05) is 0 Å². The van der Waals surface area contributed by atoms with Crippen molar-refractivity contribution in [2.45, 2.75) is 33.7 Å². The summed E-state index contributed by atoms with van der Waals surface area (Å²) in [6.07, 6.45) is 0. The minimum absolute atomic E-state index is 0.134. The molecule has 1 atom stereocenters. The van der Waals surface area contributed by atoms with E-state index in [1.165, 1.54) is 9.75 Å². The molecule has 2 N–H and O–H groups in total. The number of rotatable bonds is 7. The summed E-state index contributed by atoms with van der Waals surface area (Å²) in [6, 6.07) is 4.70. The van der Waals surface area contributed by atoms with Crippen LogP contribution < -0.4 is 15.4 Å². The van der Waals surface area contributed by atoms with E-state index in [1.807, 2.05) is 13.8 Å². The molecule has 7 heteroatoms. The lowest BCUT2D eigenvalue weighted by atomic mass is 10.3. The van der Waals surface area contributed by atoms with Crippen LogP contribution in [0.1, 0.15) is 36.6 Å². The van der Waals surface area contributed by atoms with Gasteiger partial charge in [-0.2, -0.15) is 15.0 Å². The van der Waals surface area contributed by atoms with Gasteiger partial charge in [0.15, 0.2) is 0 Å². The van der Waals surface area contributed by atoms with Gasteiger partial charge in [0.05, 0.1) is 12.6 Å². The number of hydrogen-bond donors (Lipinski definition) is 2. The van der Waals surface area contributed by atoms with E-state index in [0.29, 0.717) is 24.5 Å². The lowest BCUT2D eigenvalue weighted by Crippen LogP contribution is -2.12. The van der Waals surface area contributed by atoms with Crippen LogP contribution >= 0.6 is 11.3 Å². The fourth-order valence-electron chi connectivity index (χ4n) is 1.80. The Morgan fingerprint density at radius 2 is 1.95 bits per heavy atom. The number of aryl methyl sites for hydroxylation is 1. The highest BCUT2D eigenvalue weighted by Crippen LogP contribution is 2.25. The van der Waals surface area contributed by atoms with Crippen LogP contribution in [0.3, 0.4) is 0 Å². The smallest absolute Gasteiger partial charge is 0.323 e. The molecule has 2 rings (SSSR count). The van der Waals surface area contributed by atoms with Gasteiger partial charge >= 0.3 is 6.01 Å². The van der Waals surface area contributed by atoms with Crippen molar-refractivity contribution in [3.8, 4) is 6.01 Å². The normalized spacial score (nSPS) is 12.0. The number of aromatic nitrogens is 3. The number of anilines is 2. The van der Waals surface area contributed by atoms with Crippen LogP contribution in [0.5, 0.6) is 6.01 Å². The first kappa shape index (κ1) is 15.5. The number of ether oxygens (including phenoxy) is 1. The lowest BCUT2D eigenvalue weighted by molar-refractivity contribution is 0.312. The number of nitrogens with zero attached hydrogens (tertiary/aromatic N) is 3. The minimum atomic E-state index is 0.134. The number of hydrogen-bond acceptors (Lipinski definition) is 7. The van der Waals surface area contributed by atoms with Gasteiger partial charge in [-0.05, 0) is 39.8 Å². The Morgan fingerprint density at radius 3 is 2.57 bits per heavy atom. The van der Waals surface area contributed by atoms with E-state index in [0.717, 1.165) is 6.54 Å². The molecule has 114 valence electrons. The maximum Gasteiger partial charge on any atom is 0.323 e. The van der Waals surface area contributed by atoms with Crippen LogP contribution in [-0.4, -0.2) is 28.1 Å². The maximum absolute atomic E-state index is 5.39. The Hall–Kier alpha value is -1.89. The fraction of sp³-hybridized carbons (Fsp3) is 0.500. The van der Waals surface area contributed by atoms with Crippen molar-refractivity contribution in [3.05, 3.63) is 21.9 Å². The average Bonchev–Trinajstić information content (AvgIpc) is 2.86. The maximum atomic E-state index is 5.39. The molecular weight excluding hydrogens is 286 g/mol. The van der Waals surface area contributed by atoms with Crippen LogP contribution in [0, 0.1) is 6.92 Å². The molecule has 0 fully saturated rings. The quantitative estimate of drug-likeness (QED) is 0.818. The van der Waals surface area contributed by atoms with Crippen LogP contribution in [0.15, 0.2) is 12.1 Å². The monoisotopic (exact) mass is 307 g/mol. The molecule has 0 saturated heterocycles. The van der Waals surface area contributed by atoms with Gasteiger partial charge in [0.2, 0.25) is 11.9 Å². The molecule has 2 aromatic heterocycles. The second kappa shape index (κ2) is 7.21. The second-order valence-electron chi connectivity index (χ2n) is 4.54. The molecule has 2 aromatic rings. The predicted molar refractivity (Wildman–Crippen MR) is 86.3 cm³/mol. The fourth-order valence-corrected chi connectivity index (χ4v) is 2.68. The van der Waals surface area contributed by atoms with Crippen molar-refractivity contribution in [3.63, 3.8) is 0 Å². The zero-order valence-electron chi connectivity index (χ0n) is 12.8. The third kappa shape index (κ3) is 4.29. The van der Waals surface area contributed by atoms with Gasteiger partial charge < -0.3 is 15.4 Å². The summed E-state index contributed by atoms with van der Waals surface area (Å²) in [4.78, 5) is 15.4. The van der Waals surface area contributed by atoms with Gasteiger partial charge in [-0.3, -0.25) is 0 Å². The van der Waals surface area contributed by atoms with Gasteiger partial charge in [0, 0.05) is 16.3 Å². The first-order valence-corrected chi connectivity index (χ1v) is 7.89. The van der Waals surface area contributed by atoms with Crippen LogP contribution in [0.25, 0.3) is 0 Å². The van der Waals surface area contributed by atoms with E-state index in [-0.39, 0.29) is 6.04 Å². The highest BCUT2D eigenvalue weighted by Gasteiger charge is 2.12. The van der Waals surface area contributed by atoms with E-state index in [4.69, 9.17) is 4.74 Å². The summed E-state index contributed by atoms with van der Waals surface area (Å²) >= 11 is 1.76. The van der Waals surface area contributed by atoms with Crippen molar-refractivity contribution in [2.24, 2.45) is 0 Å². The standard InChI is InChI=1S/C14H21N5OS/c1-5-15-12-17-13(19-14(18-12)20-6-2)16-10(4)11-8-7-9(3)21-11/h7-8,10H,5-6H2,1-4H3,(H2,15,16,17,18,19). The summed E-state index contributed by atoms with van der Waals surface area (Å²) in [7, 11) is 0. The molecule has 0 amide bonds. The first-order chi connectivity index (χ1) is 10.1. The molecule has 0 aliphatic heterocycles. The van der Waals surface area contributed by atoms with E-state index < -0.39 is 0 Å². The molecule has 0 aliphatic carbocycles. The molecule has 0 aliphatic rings. The third-order valence-corrected chi connectivity index (χ3v) is 3.94. The van der Waals surface area contributed by atoms with E-state index in [9.17, 15) is 0 Å². The summed E-state index contributed by atoms with van der Waals surface area (Å²) < 4.78 is 5.39. The van der Waals surface area contributed by atoms with Crippen molar-refractivity contribution in [1.29, 1.82) is 0 Å². The van der Waals surface area contributed by atoms with Crippen LogP contribution in [-0.2, 0) is 0 Å². The molecule has 0 saturated carbocycles. The Bertz CT molecular complexity index is 562. The van der Waals surface area contributed by atoms with Crippen molar-refractivity contribution >= 4 is 23.2 Å². The molecule has 2 heterocycles. The predicted octanol–water partition coefficient (Wildman–Crippen LogP) is 3.25. The van der Waals surface area contributed by atoms with Gasteiger partial charge in [0.1, 0.15) is 0 Å². The Labute approximate surface area is 129 Å².